The Labute approximate surface area is 214 Å². The first-order valence-electron chi connectivity index (χ1n) is 12.4. The van der Waals surface area contributed by atoms with Gasteiger partial charge in [-0.25, -0.2) is 0 Å². The molecule has 6 heteroatoms. The first-order valence-corrected chi connectivity index (χ1v) is 12.4. The summed E-state index contributed by atoms with van der Waals surface area (Å²) in [6.07, 6.45) is 1.21. The van der Waals surface area contributed by atoms with Gasteiger partial charge >= 0.3 is 0 Å². The molecule has 6 nitrogen and oxygen atoms in total. The average molecular weight is 489 g/mol. The molecule has 1 N–H and O–H groups in total. The van der Waals surface area contributed by atoms with Gasteiger partial charge in [0.05, 0.1) is 7.11 Å². The van der Waals surface area contributed by atoms with Gasteiger partial charge in [0.25, 0.3) is 5.91 Å². The maximum absolute atomic E-state index is 13.6. The minimum absolute atomic E-state index is 0.00208. The van der Waals surface area contributed by atoms with Gasteiger partial charge in [-0.15, -0.1) is 0 Å². The number of aryl methyl sites for hydroxylation is 1. The van der Waals surface area contributed by atoms with Crippen LogP contribution in [-0.4, -0.2) is 42.5 Å². The van der Waals surface area contributed by atoms with Crippen LogP contribution in [0.15, 0.2) is 78.9 Å². The molecule has 0 radical (unpaired) electrons. The molecule has 0 unspecified atom stereocenters. The highest BCUT2D eigenvalue weighted by atomic mass is 16.5. The smallest absolute Gasteiger partial charge is 0.261 e. The molecule has 3 aromatic rings. The standard InChI is InChI=1S/C30H36N2O4/c1-5-23(3)31-30(34)28(19-24-11-7-6-8-12-24)32(20-25-13-9-10-22(2)18-25)29(33)21-36-27-16-14-26(35-4)15-17-27/h6-18,23,28H,5,19-21H2,1-4H3,(H,31,34)/t23-,28+/m0/s1. The molecule has 0 saturated carbocycles. The van der Waals surface area contributed by atoms with E-state index in [2.05, 4.69) is 5.32 Å². The van der Waals surface area contributed by atoms with Gasteiger partial charge in [-0.3, -0.25) is 9.59 Å². The van der Waals surface area contributed by atoms with Crippen LogP contribution >= 0.6 is 0 Å². The molecule has 0 heterocycles. The summed E-state index contributed by atoms with van der Waals surface area (Å²) in [5, 5.41) is 3.08. The van der Waals surface area contributed by atoms with E-state index in [1.807, 2.05) is 75.4 Å². The van der Waals surface area contributed by atoms with Crippen LogP contribution in [0.5, 0.6) is 11.5 Å². The minimum atomic E-state index is -0.686. The van der Waals surface area contributed by atoms with Gasteiger partial charge in [0.15, 0.2) is 6.61 Å². The van der Waals surface area contributed by atoms with E-state index in [9.17, 15) is 9.59 Å². The van der Waals surface area contributed by atoms with E-state index in [1.165, 1.54) is 0 Å². The number of rotatable bonds is 12. The largest absolute Gasteiger partial charge is 0.497 e. The average Bonchev–Trinajstić information content (AvgIpc) is 2.90. The van der Waals surface area contributed by atoms with Crippen molar-refractivity contribution in [3.8, 4) is 11.5 Å². The lowest BCUT2D eigenvalue weighted by Gasteiger charge is -2.32. The maximum atomic E-state index is 13.6. The first-order chi connectivity index (χ1) is 17.4. The SMILES string of the molecule is CC[C@H](C)NC(=O)[C@@H](Cc1ccccc1)N(Cc1cccc(C)c1)C(=O)COc1ccc(OC)cc1. The normalized spacial score (nSPS) is 12.3. The van der Waals surface area contributed by atoms with Crippen molar-refractivity contribution in [2.24, 2.45) is 0 Å². The summed E-state index contributed by atoms with van der Waals surface area (Å²) < 4.78 is 11.0. The highest BCUT2D eigenvalue weighted by Crippen LogP contribution is 2.19. The topological polar surface area (TPSA) is 67.9 Å². The van der Waals surface area contributed by atoms with E-state index in [4.69, 9.17) is 9.47 Å². The number of amides is 2. The summed E-state index contributed by atoms with van der Waals surface area (Å²) in [6.45, 7) is 6.13. The number of carbonyl (C=O) groups is 2. The Hall–Kier alpha value is -3.80. The number of carbonyl (C=O) groups excluding carboxylic acids is 2. The molecule has 0 spiro atoms. The lowest BCUT2D eigenvalue weighted by molar-refractivity contribution is -0.143. The summed E-state index contributed by atoms with van der Waals surface area (Å²) in [7, 11) is 1.60. The van der Waals surface area contributed by atoms with Crippen LogP contribution < -0.4 is 14.8 Å². The van der Waals surface area contributed by atoms with E-state index in [-0.39, 0.29) is 24.5 Å². The number of benzene rings is 3. The minimum Gasteiger partial charge on any atom is -0.497 e. The van der Waals surface area contributed by atoms with E-state index >= 15 is 0 Å². The summed E-state index contributed by atoms with van der Waals surface area (Å²) in [6, 6.07) is 24.2. The molecule has 36 heavy (non-hydrogen) atoms. The molecule has 0 aromatic heterocycles. The molecule has 190 valence electrons. The number of ether oxygens (including phenoxy) is 2. The Balaban J connectivity index is 1.89. The number of methoxy groups -OCH3 is 1. The van der Waals surface area contributed by atoms with Crippen molar-refractivity contribution >= 4 is 11.8 Å². The van der Waals surface area contributed by atoms with Gasteiger partial charge in [0.2, 0.25) is 5.91 Å². The fourth-order valence-corrected chi connectivity index (χ4v) is 3.90. The Bertz CT molecular complexity index is 1120. The molecule has 0 bridgehead atoms. The zero-order chi connectivity index (χ0) is 25.9. The molecule has 0 aliphatic carbocycles. The van der Waals surface area contributed by atoms with Crippen LogP contribution in [0.2, 0.25) is 0 Å². The van der Waals surface area contributed by atoms with Crippen LogP contribution in [-0.2, 0) is 22.6 Å². The lowest BCUT2D eigenvalue weighted by Crippen LogP contribution is -2.53. The van der Waals surface area contributed by atoms with Crippen molar-refractivity contribution in [1.82, 2.24) is 10.2 Å². The third-order valence-corrected chi connectivity index (χ3v) is 6.13. The Kier molecular flexibility index (Phi) is 9.92. The van der Waals surface area contributed by atoms with E-state index in [1.54, 1.807) is 36.3 Å². The second kappa shape index (κ2) is 13.3. The van der Waals surface area contributed by atoms with Crippen molar-refractivity contribution in [3.05, 3.63) is 95.6 Å². The zero-order valence-electron chi connectivity index (χ0n) is 21.6. The number of hydrogen-bond donors (Lipinski definition) is 1. The second-order valence-corrected chi connectivity index (χ2v) is 9.00. The summed E-state index contributed by atoms with van der Waals surface area (Å²) in [5.41, 5.74) is 3.04. The fourth-order valence-electron chi connectivity index (χ4n) is 3.90. The third kappa shape index (κ3) is 7.87. The van der Waals surface area contributed by atoms with Crippen molar-refractivity contribution in [3.63, 3.8) is 0 Å². The van der Waals surface area contributed by atoms with Crippen LogP contribution in [0.1, 0.15) is 37.0 Å². The van der Waals surface area contributed by atoms with Gasteiger partial charge in [-0.05, 0) is 55.7 Å². The highest BCUT2D eigenvalue weighted by Gasteiger charge is 2.31. The maximum Gasteiger partial charge on any atom is 0.261 e. The summed E-state index contributed by atoms with van der Waals surface area (Å²) >= 11 is 0. The zero-order valence-corrected chi connectivity index (χ0v) is 21.6. The van der Waals surface area contributed by atoms with Gasteiger partial charge < -0.3 is 19.7 Å². The van der Waals surface area contributed by atoms with Crippen LogP contribution in [0, 0.1) is 6.92 Å². The molecular formula is C30H36N2O4. The molecular weight excluding hydrogens is 452 g/mol. The molecule has 0 aliphatic rings. The number of hydrogen-bond acceptors (Lipinski definition) is 4. The van der Waals surface area contributed by atoms with Crippen molar-refractivity contribution in [2.75, 3.05) is 13.7 Å². The Morgan fingerprint density at radius 1 is 0.917 bits per heavy atom. The summed E-state index contributed by atoms with van der Waals surface area (Å²) in [4.78, 5) is 28.8. The second-order valence-electron chi connectivity index (χ2n) is 9.00. The van der Waals surface area contributed by atoms with Gasteiger partial charge in [0, 0.05) is 19.0 Å². The predicted molar refractivity (Wildman–Crippen MR) is 142 cm³/mol. The van der Waals surface area contributed by atoms with Crippen molar-refractivity contribution in [2.45, 2.75) is 52.2 Å². The predicted octanol–water partition coefficient (Wildman–Crippen LogP) is 4.94. The van der Waals surface area contributed by atoms with Gasteiger partial charge in [-0.2, -0.15) is 0 Å². The molecule has 2 atom stereocenters. The molecule has 0 aliphatic heterocycles. The monoisotopic (exact) mass is 488 g/mol. The van der Waals surface area contributed by atoms with Crippen molar-refractivity contribution in [1.29, 1.82) is 0 Å². The van der Waals surface area contributed by atoms with Crippen LogP contribution in [0.3, 0.4) is 0 Å². The first kappa shape index (κ1) is 26.8. The molecule has 2 amide bonds. The number of nitrogens with zero attached hydrogens (tertiary/aromatic N) is 1. The fraction of sp³-hybridized carbons (Fsp3) is 0.333. The van der Waals surface area contributed by atoms with Gasteiger partial charge in [-0.1, -0.05) is 67.1 Å². The molecule has 0 saturated heterocycles. The van der Waals surface area contributed by atoms with Crippen LogP contribution in [0.25, 0.3) is 0 Å². The third-order valence-electron chi connectivity index (χ3n) is 6.13. The molecule has 3 rings (SSSR count). The summed E-state index contributed by atoms with van der Waals surface area (Å²) in [5.74, 6) is 0.842. The molecule has 0 fully saturated rings. The van der Waals surface area contributed by atoms with E-state index in [0.717, 1.165) is 23.1 Å². The Morgan fingerprint density at radius 3 is 2.22 bits per heavy atom. The highest BCUT2D eigenvalue weighted by molar-refractivity contribution is 5.88. The van der Waals surface area contributed by atoms with Crippen molar-refractivity contribution < 1.29 is 19.1 Å². The van der Waals surface area contributed by atoms with Gasteiger partial charge in [0.1, 0.15) is 17.5 Å². The number of nitrogens with one attached hydrogen (secondary N) is 1. The molecule has 3 aromatic carbocycles. The quantitative estimate of drug-likeness (QED) is 0.392. The Morgan fingerprint density at radius 2 is 1.58 bits per heavy atom. The lowest BCUT2D eigenvalue weighted by atomic mass is 10.0. The van der Waals surface area contributed by atoms with E-state index < -0.39 is 6.04 Å². The van der Waals surface area contributed by atoms with E-state index in [0.29, 0.717) is 24.5 Å². The van der Waals surface area contributed by atoms with Crippen LogP contribution in [0.4, 0.5) is 0 Å².